The number of ether oxygens (including phenoxy) is 1. The molecule has 0 unspecified atom stereocenters. The van der Waals surface area contributed by atoms with Gasteiger partial charge in [0.1, 0.15) is 0 Å². The maximum absolute atomic E-state index is 9.34. The number of hydrogen-bond acceptors (Lipinski definition) is 2. The molecule has 0 saturated carbocycles. The number of hydrogen-bond donors (Lipinski definition) is 1. The molecule has 1 aliphatic rings. The summed E-state index contributed by atoms with van der Waals surface area (Å²) in [6, 6.07) is 0. The SMILES string of the molecule is C=C1CO[C@H](CCCCCCCCCCCCC)[C@@H]1CO. The first kappa shape index (κ1) is 18.7. The molecule has 1 rings (SSSR count). The van der Waals surface area contributed by atoms with Crippen molar-refractivity contribution in [2.45, 2.75) is 90.1 Å². The number of aliphatic hydroxyl groups excluding tert-OH is 1. The maximum Gasteiger partial charge on any atom is 0.0682 e. The molecule has 1 heterocycles. The average Bonchev–Trinajstić information content (AvgIpc) is 2.85. The largest absolute Gasteiger partial charge is 0.396 e. The molecule has 21 heavy (non-hydrogen) atoms. The van der Waals surface area contributed by atoms with Crippen LogP contribution in [0.5, 0.6) is 0 Å². The normalized spacial score (nSPS) is 22.1. The monoisotopic (exact) mass is 296 g/mol. The summed E-state index contributed by atoms with van der Waals surface area (Å²) >= 11 is 0. The maximum atomic E-state index is 9.34. The highest BCUT2D eigenvalue weighted by Crippen LogP contribution is 2.28. The van der Waals surface area contributed by atoms with Crippen LogP contribution in [0.25, 0.3) is 0 Å². The van der Waals surface area contributed by atoms with Gasteiger partial charge in [-0.25, -0.2) is 0 Å². The first-order valence-corrected chi connectivity index (χ1v) is 9.19. The molecule has 0 aromatic rings. The lowest BCUT2D eigenvalue weighted by atomic mass is 9.94. The van der Waals surface area contributed by atoms with Crippen LogP contribution in [0.4, 0.5) is 0 Å². The first-order chi connectivity index (χ1) is 10.3. The molecule has 0 radical (unpaired) electrons. The average molecular weight is 296 g/mol. The third kappa shape index (κ3) is 8.01. The smallest absolute Gasteiger partial charge is 0.0682 e. The van der Waals surface area contributed by atoms with Crippen molar-refractivity contribution in [3.63, 3.8) is 0 Å². The fourth-order valence-electron chi connectivity index (χ4n) is 3.24. The van der Waals surface area contributed by atoms with E-state index < -0.39 is 0 Å². The number of rotatable bonds is 13. The van der Waals surface area contributed by atoms with Crippen molar-refractivity contribution in [1.29, 1.82) is 0 Å². The van der Waals surface area contributed by atoms with Crippen LogP contribution in [0, 0.1) is 5.92 Å². The Hall–Kier alpha value is -0.340. The Labute approximate surface area is 132 Å². The van der Waals surface area contributed by atoms with E-state index >= 15 is 0 Å². The Morgan fingerprint density at radius 1 is 0.952 bits per heavy atom. The Morgan fingerprint density at radius 2 is 1.48 bits per heavy atom. The predicted molar refractivity (Wildman–Crippen MR) is 90.5 cm³/mol. The molecule has 124 valence electrons. The quantitative estimate of drug-likeness (QED) is 0.371. The summed E-state index contributed by atoms with van der Waals surface area (Å²) in [4.78, 5) is 0. The van der Waals surface area contributed by atoms with Crippen molar-refractivity contribution >= 4 is 0 Å². The van der Waals surface area contributed by atoms with Gasteiger partial charge in [0.05, 0.1) is 19.3 Å². The Balaban J connectivity index is 1.85. The molecule has 1 N–H and O–H groups in total. The lowest BCUT2D eigenvalue weighted by molar-refractivity contribution is 0.0639. The molecule has 0 bridgehead atoms. The van der Waals surface area contributed by atoms with E-state index in [-0.39, 0.29) is 18.6 Å². The summed E-state index contributed by atoms with van der Waals surface area (Å²) in [5.74, 6) is 0.188. The minimum Gasteiger partial charge on any atom is -0.396 e. The van der Waals surface area contributed by atoms with E-state index in [4.69, 9.17) is 4.74 Å². The molecular weight excluding hydrogens is 260 g/mol. The number of unbranched alkanes of at least 4 members (excludes halogenated alkanes) is 10. The van der Waals surface area contributed by atoms with Crippen molar-refractivity contribution in [2.75, 3.05) is 13.2 Å². The lowest BCUT2D eigenvalue weighted by Crippen LogP contribution is -2.19. The minimum atomic E-state index is 0.188. The van der Waals surface area contributed by atoms with Gasteiger partial charge in [-0.15, -0.1) is 0 Å². The van der Waals surface area contributed by atoms with E-state index in [2.05, 4.69) is 13.5 Å². The van der Waals surface area contributed by atoms with E-state index in [0.717, 1.165) is 12.0 Å². The van der Waals surface area contributed by atoms with Gasteiger partial charge in [0.2, 0.25) is 0 Å². The highest BCUT2D eigenvalue weighted by molar-refractivity contribution is 5.08. The van der Waals surface area contributed by atoms with Crippen LogP contribution >= 0.6 is 0 Å². The molecule has 2 nitrogen and oxygen atoms in total. The second-order valence-corrected chi connectivity index (χ2v) is 6.62. The van der Waals surface area contributed by atoms with Gasteiger partial charge in [-0.2, -0.15) is 0 Å². The van der Waals surface area contributed by atoms with Crippen molar-refractivity contribution in [3.8, 4) is 0 Å². The standard InChI is InChI=1S/C19H36O2/c1-3-4-5-6-7-8-9-10-11-12-13-14-19-18(15-20)17(2)16-21-19/h18-20H,2-16H2,1H3/t18-,19-/m1/s1. The summed E-state index contributed by atoms with van der Waals surface area (Å²) in [6.45, 7) is 7.09. The van der Waals surface area contributed by atoms with Crippen LogP contribution in [-0.4, -0.2) is 24.4 Å². The van der Waals surface area contributed by atoms with E-state index in [1.165, 1.54) is 70.6 Å². The highest BCUT2D eigenvalue weighted by atomic mass is 16.5. The van der Waals surface area contributed by atoms with Gasteiger partial charge in [0.15, 0.2) is 0 Å². The second kappa shape index (κ2) is 12.2. The van der Waals surface area contributed by atoms with Crippen molar-refractivity contribution in [3.05, 3.63) is 12.2 Å². The van der Waals surface area contributed by atoms with Crippen molar-refractivity contribution in [1.82, 2.24) is 0 Å². The molecule has 0 amide bonds. The van der Waals surface area contributed by atoms with Crippen molar-refractivity contribution in [2.24, 2.45) is 5.92 Å². The van der Waals surface area contributed by atoms with Crippen LogP contribution in [-0.2, 0) is 4.74 Å². The van der Waals surface area contributed by atoms with E-state index in [1.54, 1.807) is 0 Å². The molecule has 0 aromatic carbocycles. The Bertz CT molecular complexity index is 262. The van der Waals surface area contributed by atoms with Gasteiger partial charge < -0.3 is 9.84 Å². The van der Waals surface area contributed by atoms with E-state index in [0.29, 0.717) is 6.61 Å². The zero-order valence-electron chi connectivity index (χ0n) is 14.1. The lowest BCUT2D eigenvalue weighted by Gasteiger charge is -2.16. The van der Waals surface area contributed by atoms with Crippen LogP contribution in [0.1, 0.15) is 84.0 Å². The third-order valence-electron chi connectivity index (χ3n) is 4.74. The topological polar surface area (TPSA) is 29.5 Å². The minimum absolute atomic E-state index is 0.188. The molecule has 1 saturated heterocycles. The second-order valence-electron chi connectivity index (χ2n) is 6.62. The zero-order valence-corrected chi connectivity index (χ0v) is 14.1. The molecule has 1 fully saturated rings. The van der Waals surface area contributed by atoms with Crippen LogP contribution in [0.2, 0.25) is 0 Å². The first-order valence-electron chi connectivity index (χ1n) is 9.19. The van der Waals surface area contributed by atoms with Gasteiger partial charge in [-0.1, -0.05) is 84.1 Å². The molecule has 2 heteroatoms. The molecule has 0 aromatic heterocycles. The highest BCUT2D eigenvalue weighted by Gasteiger charge is 2.29. The predicted octanol–water partition coefficient (Wildman–Crippen LogP) is 5.25. The summed E-state index contributed by atoms with van der Waals surface area (Å²) in [5.41, 5.74) is 1.07. The van der Waals surface area contributed by atoms with Gasteiger partial charge in [0.25, 0.3) is 0 Å². The van der Waals surface area contributed by atoms with E-state index in [9.17, 15) is 5.11 Å². The molecule has 0 spiro atoms. The van der Waals surface area contributed by atoms with Crippen LogP contribution in [0.15, 0.2) is 12.2 Å². The molecule has 0 aliphatic carbocycles. The molecule has 2 atom stereocenters. The Morgan fingerprint density at radius 3 is 2.00 bits per heavy atom. The molecule has 1 aliphatic heterocycles. The van der Waals surface area contributed by atoms with Gasteiger partial charge in [-0.05, 0) is 12.0 Å². The molecular formula is C19H36O2. The summed E-state index contributed by atoms with van der Waals surface area (Å²) in [6.07, 6.45) is 16.4. The zero-order chi connectivity index (χ0) is 15.3. The van der Waals surface area contributed by atoms with Gasteiger partial charge in [-0.3, -0.25) is 0 Å². The van der Waals surface area contributed by atoms with Crippen LogP contribution in [0.3, 0.4) is 0 Å². The fourth-order valence-corrected chi connectivity index (χ4v) is 3.24. The summed E-state index contributed by atoms with van der Waals surface area (Å²) < 4.78 is 5.70. The fraction of sp³-hybridized carbons (Fsp3) is 0.895. The summed E-state index contributed by atoms with van der Waals surface area (Å²) in [7, 11) is 0. The van der Waals surface area contributed by atoms with Crippen LogP contribution < -0.4 is 0 Å². The number of aliphatic hydroxyl groups is 1. The Kier molecular flexibility index (Phi) is 10.9. The summed E-state index contributed by atoms with van der Waals surface area (Å²) in [5, 5.41) is 9.34. The van der Waals surface area contributed by atoms with E-state index in [1.807, 2.05) is 0 Å². The van der Waals surface area contributed by atoms with Gasteiger partial charge in [0, 0.05) is 5.92 Å². The van der Waals surface area contributed by atoms with Crippen molar-refractivity contribution < 1.29 is 9.84 Å². The third-order valence-corrected chi connectivity index (χ3v) is 4.74. The van der Waals surface area contributed by atoms with Gasteiger partial charge >= 0.3 is 0 Å².